The Balaban J connectivity index is 2.21. The van der Waals surface area contributed by atoms with Crippen LogP contribution >= 0.6 is 11.6 Å². The molecular formula is C14H15ClFN3. The second kappa shape index (κ2) is 5.97. The Morgan fingerprint density at radius 1 is 1.21 bits per heavy atom. The summed E-state index contributed by atoms with van der Waals surface area (Å²) in [6.45, 7) is 5.23. The van der Waals surface area contributed by atoms with Crippen molar-refractivity contribution in [2.75, 3.05) is 11.4 Å². The van der Waals surface area contributed by atoms with Gasteiger partial charge >= 0.3 is 0 Å². The van der Waals surface area contributed by atoms with E-state index < -0.39 is 0 Å². The monoisotopic (exact) mass is 279 g/mol. The van der Waals surface area contributed by atoms with Gasteiger partial charge in [0.05, 0.1) is 6.54 Å². The predicted octanol–water partition coefficient (Wildman–Crippen LogP) is 3.60. The summed E-state index contributed by atoms with van der Waals surface area (Å²) < 4.78 is 12.9. The first-order valence-electron chi connectivity index (χ1n) is 6.09. The van der Waals surface area contributed by atoms with Gasteiger partial charge in [-0.3, -0.25) is 0 Å². The van der Waals surface area contributed by atoms with E-state index >= 15 is 0 Å². The van der Waals surface area contributed by atoms with Crippen molar-refractivity contribution in [2.45, 2.75) is 20.4 Å². The average molecular weight is 280 g/mol. The van der Waals surface area contributed by atoms with Gasteiger partial charge in [-0.25, -0.2) is 14.4 Å². The molecule has 0 aliphatic heterocycles. The molecule has 1 aromatic carbocycles. The van der Waals surface area contributed by atoms with Crippen LogP contribution in [0, 0.1) is 12.7 Å². The maximum absolute atomic E-state index is 12.9. The maximum Gasteiger partial charge on any atom is 0.149 e. The first-order valence-corrected chi connectivity index (χ1v) is 6.47. The lowest BCUT2D eigenvalue weighted by Crippen LogP contribution is -2.23. The van der Waals surface area contributed by atoms with Crippen molar-refractivity contribution in [3.05, 3.63) is 52.8 Å². The lowest BCUT2D eigenvalue weighted by atomic mass is 10.2. The van der Waals surface area contributed by atoms with Crippen molar-refractivity contribution in [1.29, 1.82) is 0 Å². The molecule has 0 saturated carbocycles. The van der Waals surface area contributed by atoms with E-state index in [9.17, 15) is 4.39 Å². The Morgan fingerprint density at radius 3 is 2.47 bits per heavy atom. The summed E-state index contributed by atoms with van der Waals surface area (Å²) in [5.41, 5.74) is 1.77. The van der Waals surface area contributed by atoms with Crippen molar-refractivity contribution < 1.29 is 4.39 Å². The lowest BCUT2D eigenvalue weighted by Gasteiger charge is -2.22. The molecule has 0 aliphatic carbocycles. The van der Waals surface area contributed by atoms with Crippen LogP contribution in [0.2, 0.25) is 5.15 Å². The third kappa shape index (κ3) is 3.64. The Bertz CT molecular complexity index is 537. The number of benzene rings is 1. The number of hydrogen-bond acceptors (Lipinski definition) is 3. The van der Waals surface area contributed by atoms with E-state index in [0.717, 1.165) is 17.9 Å². The van der Waals surface area contributed by atoms with Crippen molar-refractivity contribution in [3.63, 3.8) is 0 Å². The van der Waals surface area contributed by atoms with Gasteiger partial charge in [0.25, 0.3) is 0 Å². The van der Waals surface area contributed by atoms with Crippen LogP contribution in [0.1, 0.15) is 18.4 Å². The van der Waals surface area contributed by atoms with E-state index in [-0.39, 0.29) is 5.82 Å². The van der Waals surface area contributed by atoms with Gasteiger partial charge in [-0.15, -0.1) is 0 Å². The van der Waals surface area contributed by atoms with Crippen LogP contribution in [0.5, 0.6) is 0 Å². The maximum atomic E-state index is 12.9. The first-order chi connectivity index (χ1) is 9.08. The van der Waals surface area contributed by atoms with E-state index in [4.69, 9.17) is 11.6 Å². The second-order valence-electron chi connectivity index (χ2n) is 4.24. The molecule has 2 aromatic rings. The SMILES string of the molecule is CCN(Cc1nc(C)cc(Cl)n1)c1ccc(F)cc1. The zero-order valence-electron chi connectivity index (χ0n) is 10.9. The average Bonchev–Trinajstić information content (AvgIpc) is 2.36. The van der Waals surface area contributed by atoms with Gasteiger partial charge in [0, 0.05) is 17.9 Å². The molecule has 5 heteroatoms. The fourth-order valence-corrected chi connectivity index (χ4v) is 2.12. The van der Waals surface area contributed by atoms with Crippen LogP contribution in [-0.2, 0) is 6.54 Å². The lowest BCUT2D eigenvalue weighted by molar-refractivity contribution is 0.627. The largest absolute Gasteiger partial charge is 0.364 e. The first kappa shape index (κ1) is 13.7. The summed E-state index contributed by atoms with van der Waals surface area (Å²) >= 11 is 5.92. The molecule has 100 valence electrons. The molecule has 0 saturated heterocycles. The smallest absolute Gasteiger partial charge is 0.149 e. The minimum atomic E-state index is -0.241. The van der Waals surface area contributed by atoms with Crippen molar-refractivity contribution in [1.82, 2.24) is 9.97 Å². The molecule has 0 amide bonds. The van der Waals surface area contributed by atoms with Gasteiger partial charge in [-0.2, -0.15) is 0 Å². The van der Waals surface area contributed by atoms with Gasteiger partial charge in [0.15, 0.2) is 0 Å². The summed E-state index contributed by atoms with van der Waals surface area (Å²) in [6, 6.07) is 8.11. The summed E-state index contributed by atoms with van der Waals surface area (Å²) in [7, 11) is 0. The molecule has 0 fully saturated rings. The molecule has 19 heavy (non-hydrogen) atoms. The highest BCUT2D eigenvalue weighted by Crippen LogP contribution is 2.17. The van der Waals surface area contributed by atoms with Crippen molar-refractivity contribution in [2.24, 2.45) is 0 Å². The molecule has 0 atom stereocenters. The predicted molar refractivity (Wildman–Crippen MR) is 74.9 cm³/mol. The minimum absolute atomic E-state index is 0.241. The fourth-order valence-electron chi connectivity index (χ4n) is 1.87. The quantitative estimate of drug-likeness (QED) is 0.801. The number of nitrogens with zero attached hydrogens (tertiary/aromatic N) is 3. The van der Waals surface area contributed by atoms with E-state index in [2.05, 4.69) is 14.9 Å². The number of rotatable bonds is 4. The third-order valence-corrected chi connectivity index (χ3v) is 2.97. The molecule has 1 aromatic heterocycles. The van der Waals surface area contributed by atoms with Crippen LogP contribution in [0.3, 0.4) is 0 Å². The normalized spacial score (nSPS) is 10.5. The topological polar surface area (TPSA) is 29.0 Å². The number of anilines is 1. The molecule has 1 heterocycles. The Hall–Kier alpha value is -1.68. The third-order valence-electron chi connectivity index (χ3n) is 2.78. The number of halogens is 2. The van der Waals surface area contributed by atoms with Crippen LogP contribution in [0.25, 0.3) is 0 Å². The van der Waals surface area contributed by atoms with E-state index in [1.54, 1.807) is 18.2 Å². The molecule has 0 spiro atoms. The Morgan fingerprint density at radius 2 is 1.89 bits per heavy atom. The Kier molecular flexibility index (Phi) is 4.32. The van der Waals surface area contributed by atoms with E-state index in [1.165, 1.54) is 12.1 Å². The summed E-state index contributed by atoms with van der Waals surface area (Å²) in [4.78, 5) is 10.6. The highest BCUT2D eigenvalue weighted by atomic mass is 35.5. The Labute approximate surface area is 117 Å². The van der Waals surface area contributed by atoms with Crippen molar-refractivity contribution >= 4 is 17.3 Å². The summed E-state index contributed by atoms with van der Waals surface area (Å²) in [5, 5.41) is 0.442. The van der Waals surface area contributed by atoms with E-state index in [1.807, 2.05) is 13.8 Å². The zero-order chi connectivity index (χ0) is 13.8. The summed E-state index contributed by atoms with van der Waals surface area (Å²) in [5.74, 6) is 0.422. The molecule has 0 bridgehead atoms. The molecule has 0 unspecified atom stereocenters. The van der Waals surface area contributed by atoms with Gasteiger partial charge in [0.1, 0.15) is 16.8 Å². The molecule has 2 rings (SSSR count). The number of aromatic nitrogens is 2. The molecule has 0 N–H and O–H groups in total. The van der Waals surface area contributed by atoms with Crippen LogP contribution in [0.4, 0.5) is 10.1 Å². The van der Waals surface area contributed by atoms with E-state index in [0.29, 0.717) is 17.5 Å². The van der Waals surface area contributed by atoms with Gasteiger partial charge in [0.2, 0.25) is 0 Å². The number of aryl methyl sites for hydroxylation is 1. The van der Waals surface area contributed by atoms with Gasteiger partial charge < -0.3 is 4.90 Å². The molecule has 0 aliphatic rings. The standard InChI is InChI=1S/C14H15ClFN3/c1-3-19(12-6-4-11(16)5-7-12)9-14-17-10(2)8-13(15)18-14/h4-8H,3,9H2,1-2H3. The van der Waals surface area contributed by atoms with Crippen LogP contribution < -0.4 is 4.90 Å². The highest BCUT2D eigenvalue weighted by molar-refractivity contribution is 6.29. The van der Waals surface area contributed by atoms with Crippen LogP contribution in [0.15, 0.2) is 30.3 Å². The summed E-state index contributed by atoms with van der Waals surface area (Å²) in [6.07, 6.45) is 0. The van der Waals surface area contributed by atoms with Crippen molar-refractivity contribution in [3.8, 4) is 0 Å². The second-order valence-corrected chi connectivity index (χ2v) is 4.63. The fraction of sp³-hybridized carbons (Fsp3) is 0.286. The zero-order valence-corrected chi connectivity index (χ0v) is 11.7. The number of hydrogen-bond donors (Lipinski definition) is 0. The van der Waals surface area contributed by atoms with Gasteiger partial charge in [-0.05, 0) is 44.2 Å². The van der Waals surface area contributed by atoms with Gasteiger partial charge in [-0.1, -0.05) is 11.6 Å². The minimum Gasteiger partial charge on any atom is -0.364 e. The van der Waals surface area contributed by atoms with Crippen LogP contribution in [-0.4, -0.2) is 16.5 Å². The highest BCUT2D eigenvalue weighted by Gasteiger charge is 2.08. The molecule has 0 radical (unpaired) electrons. The molecule has 3 nitrogen and oxygen atoms in total. The molecular weight excluding hydrogens is 265 g/mol.